The van der Waals surface area contributed by atoms with E-state index in [1.807, 2.05) is 0 Å². The molecule has 0 aromatic carbocycles. The highest BCUT2D eigenvalue weighted by molar-refractivity contribution is 6.34. The monoisotopic (exact) mass is 539 g/mol. The summed E-state index contributed by atoms with van der Waals surface area (Å²) < 4.78 is 19.2. The van der Waals surface area contributed by atoms with Gasteiger partial charge in [0.1, 0.15) is 12.1 Å². The molecule has 5 rings (SSSR count). The first kappa shape index (κ1) is 26.6. The largest absolute Gasteiger partial charge is 0.378 e. The van der Waals surface area contributed by atoms with Crippen molar-refractivity contribution in [2.45, 2.75) is 30.6 Å². The van der Waals surface area contributed by atoms with Crippen LogP contribution in [0.5, 0.6) is 0 Å². The van der Waals surface area contributed by atoms with Crippen LogP contribution in [0.25, 0.3) is 0 Å². The van der Waals surface area contributed by atoms with Gasteiger partial charge in [-0.25, -0.2) is 4.39 Å². The summed E-state index contributed by atoms with van der Waals surface area (Å²) >= 11 is 6.64. The summed E-state index contributed by atoms with van der Waals surface area (Å²) in [5, 5.41) is 9.24. The molecule has 0 radical (unpaired) electrons. The van der Waals surface area contributed by atoms with Crippen molar-refractivity contribution in [1.29, 1.82) is 0 Å². The number of carbonyl (C=O) groups excluding carboxylic acids is 1. The van der Waals surface area contributed by atoms with Gasteiger partial charge in [0.2, 0.25) is 5.91 Å². The van der Waals surface area contributed by atoms with E-state index in [1.54, 1.807) is 24.3 Å². The lowest BCUT2D eigenvalue weighted by Gasteiger charge is -2.51. The average Bonchev–Trinajstić information content (AvgIpc) is 2.84. The molecule has 5 heterocycles. The van der Waals surface area contributed by atoms with E-state index in [0.29, 0.717) is 28.5 Å². The maximum Gasteiger partial charge on any atom is 0.234 e. The number of alkyl halides is 1. The summed E-state index contributed by atoms with van der Waals surface area (Å²) in [6.45, 7) is 7.15. The van der Waals surface area contributed by atoms with Gasteiger partial charge in [-0.3, -0.25) is 29.8 Å². The van der Waals surface area contributed by atoms with Crippen molar-refractivity contribution >= 4 is 28.9 Å². The lowest BCUT2D eigenvalue weighted by atomic mass is 9.98. The summed E-state index contributed by atoms with van der Waals surface area (Å²) in [6.07, 6.45) is 0.0599. The van der Waals surface area contributed by atoms with Crippen LogP contribution in [-0.4, -0.2) is 129 Å². The molecule has 0 bridgehead atoms. The van der Waals surface area contributed by atoms with Gasteiger partial charge in [0.05, 0.1) is 48.0 Å². The Morgan fingerprint density at radius 3 is 2.68 bits per heavy atom. The summed E-state index contributed by atoms with van der Waals surface area (Å²) in [5.74, 6) is -1.55. The quantitative estimate of drug-likeness (QED) is 0.398. The van der Waals surface area contributed by atoms with Crippen LogP contribution in [0.2, 0.25) is 5.02 Å². The maximum absolute atomic E-state index is 13.9. The smallest absolute Gasteiger partial charge is 0.234 e. The van der Waals surface area contributed by atoms with Crippen LogP contribution in [0.1, 0.15) is 0 Å². The number of rotatable bonds is 7. The maximum atomic E-state index is 13.9. The van der Waals surface area contributed by atoms with E-state index in [0.717, 1.165) is 52.5 Å². The van der Waals surface area contributed by atoms with E-state index in [1.165, 1.54) is 0 Å². The van der Waals surface area contributed by atoms with E-state index in [4.69, 9.17) is 22.1 Å². The van der Waals surface area contributed by atoms with Crippen LogP contribution in [0.3, 0.4) is 0 Å². The van der Waals surface area contributed by atoms with Gasteiger partial charge in [-0.1, -0.05) is 16.8 Å². The van der Waals surface area contributed by atoms with Crippen molar-refractivity contribution in [3.8, 4) is 0 Å². The number of nitrogens with two attached hydrogens (primary N) is 1. The molecular weight excluding hydrogens is 505 g/mol. The lowest BCUT2D eigenvalue weighted by molar-refractivity contribution is -0.124. The Labute approximate surface area is 220 Å². The molecule has 204 valence electrons. The molecular formula is C23H35ClFN9O3. The number of anilines is 2. The van der Waals surface area contributed by atoms with Crippen LogP contribution in [0.4, 0.5) is 15.8 Å². The van der Waals surface area contributed by atoms with Crippen LogP contribution < -0.4 is 21.3 Å². The summed E-state index contributed by atoms with van der Waals surface area (Å²) in [4.78, 5) is 37.9. The summed E-state index contributed by atoms with van der Waals surface area (Å²) in [5.41, 5.74) is 7.09. The van der Waals surface area contributed by atoms with Crippen molar-refractivity contribution in [3.05, 3.63) is 22.3 Å². The first-order chi connectivity index (χ1) is 17.9. The van der Waals surface area contributed by atoms with Gasteiger partial charge < -0.3 is 20.7 Å². The predicted molar refractivity (Wildman–Crippen MR) is 138 cm³/mol. The summed E-state index contributed by atoms with van der Waals surface area (Å²) in [7, 11) is 1.68. The number of carbonyl (C=O) groups is 1. The van der Waals surface area contributed by atoms with Gasteiger partial charge >= 0.3 is 0 Å². The molecule has 0 saturated carbocycles. The minimum Gasteiger partial charge on any atom is -0.378 e. The van der Waals surface area contributed by atoms with E-state index < -0.39 is 30.3 Å². The molecule has 5 atom stereocenters. The van der Waals surface area contributed by atoms with Crippen LogP contribution in [0.15, 0.2) is 17.6 Å². The second-order valence-corrected chi connectivity index (χ2v) is 10.7. The van der Waals surface area contributed by atoms with Gasteiger partial charge in [-0.2, -0.15) is 0 Å². The Hall–Kier alpha value is -2.00. The molecule has 4 saturated heterocycles. The SMILES string of the molecule is CN1CC(F)CNC1C(C(=O)Nc1cncc(Cl)c1N1CCN2CCN(C3COC3)CC2C1)C(N)N=O. The second kappa shape index (κ2) is 11.4. The number of nitrogens with one attached hydrogen (secondary N) is 2. The first-order valence-electron chi connectivity index (χ1n) is 12.8. The van der Waals surface area contributed by atoms with Crippen LogP contribution in [0, 0.1) is 10.8 Å². The third-order valence-corrected chi connectivity index (χ3v) is 8.23. The fraction of sp³-hybridized carbons (Fsp3) is 0.739. The summed E-state index contributed by atoms with van der Waals surface area (Å²) in [6, 6.07) is 0.814. The van der Waals surface area contributed by atoms with E-state index in [-0.39, 0.29) is 13.1 Å². The van der Waals surface area contributed by atoms with Gasteiger partial charge in [0, 0.05) is 64.6 Å². The Morgan fingerprint density at radius 1 is 1.22 bits per heavy atom. The molecule has 4 fully saturated rings. The predicted octanol–water partition coefficient (Wildman–Crippen LogP) is -0.255. The van der Waals surface area contributed by atoms with E-state index >= 15 is 0 Å². The number of nitroso groups, excluding NO2 is 1. The van der Waals surface area contributed by atoms with Crippen molar-refractivity contribution in [2.75, 3.05) is 82.8 Å². The third kappa shape index (κ3) is 5.58. The Morgan fingerprint density at radius 2 is 1.97 bits per heavy atom. The molecule has 4 aliphatic rings. The van der Waals surface area contributed by atoms with Crippen molar-refractivity contribution in [2.24, 2.45) is 16.8 Å². The number of pyridine rings is 1. The molecule has 37 heavy (non-hydrogen) atoms. The number of fused-ring (bicyclic) bond motifs is 1. The molecule has 12 nitrogen and oxygen atoms in total. The van der Waals surface area contributed by atoms with Gasteiger partial charge in [0.15, 0.2) is 6.17 Å². The second-order valence-electron chi connectivity index (χ2n) is 10.3. The number of ether oxygens (including phenoxy) is 1. The minimum atomic E-state index is -1.32. The first-order valence-corrected chi connectivity index (χ1v) is 13.1. The van der Waals surface area contributed by atoms with Gasteiger partial charge in [0.25, 0.3) is 0 Å². The molecule has 4 aliphatic heterocycles. The molecule has 5 unspecified atom stereocenters. The molecule has 0 aliphatic carbocycles. The lowest BCUT2D eigenvalue weighted by Crippen LogP contribution is -2.65. The number of piperazine rings is 2. The number of hydrogen-bond donors (Lipinski definition) is 3. The number of nitrogens with zero attached hydrogens (tertiary/aromatic N) is 6. The van der Waals surface area contributed by atoms with E-state index in [2.05, 4.69) is 35.5 Å². The van der Waals surface area contributed by atoms with Crippen molar-refractivity contribution < 1.29 is 13.9 Å². The number of halogens is 2. The molecule has 4 N–H and O–H groups in total. The molecule has 1 aromatic heterocycles. The van der Waals surface area contributed by atoms with Crippen LogP contribution >= 0.6 is 11.6 Å². The molecule has 0 spiro atoms. The van der Waals surface area contributed by atoms with Crippen molar-refractivity contribution in [3.63, 3.8) is 0 Å². The fourth-order valence-corrected chi connectivity index (χ4v) is 6.13. The standard InChI is InChI=1S/C23H35ClFN9O3/c1-31-9-14(25)6-28-22(31)19(21(26)30-36)23(35)29-18-8-27-7-17(24)20(18)34-5-3-32-2-4-33(10-15(32)11-34)16-12-37-13-16/h7-8,14-16,19,21-22,28H,2-6,9-13,26H2,1H3,(H,29,35). The topological polar surface area (TPSA) is 132 Å². The Bertz CT molecular complexity index is 989. The molecule has 1 amide bonds. The Balaban J connectivity index is 1.33. The normalized spacial score (nSPS) is 29.7. The Kier molecular flexibility index (Phi) is 8.19. The number of hydrogen-bond acceptors (Lipinski definition) is 11. The highest BCUT2D eigenvalue weighted by Crippen LogP contribution is 2.36. The third-order valence-electron chi connectivity index (χ3n) is 7.95. The van der Waals surface area contributed by atoms with Crippen molar-refractivity contribution in [1.82, 2.24) is 25.0 Å². The zero-order valence-electron chi connectivity index (χ0n) is 20.9. The zero-order chi connectivity index (χ0) is 26.1. The average molecular weight is 540 g/mol. The molecule has 1 aromatic rings. The number of amides is 1. The minimum absolute atomic E-state index is 0.0595. The number of aromatic nitrogens is 1. The van der Waals surface area contributed by atoms with E-state index in [9.17, 15) is 14.1 Å². The van der Waals surface area contributed by atoms with Gasteiger partial charge in [-0.05, 0) is 7.05 Å². The van der Waals surface area contributed by atoms with Gasteiger partial charge in [-0.15, -0.1) is 4.91 Å². The van der Waals surface area contributed by atoms with Crippen LogP contribution in [-0.2, 0) is 9.53 Å². The molecule has 14 heteroatoms. The highest BCUT2D eigenvalue weighted by Gasteiger charge is 2.41. The fourth-order valence-electron chi connectivity index (χ4n) is 5.85. The zero-order valence-corrected chi connectivity index (χ0v) is 21.7. The highest BCUT2D eigenvalue weighted by atomic mass is 35.5.